The third kappa shape index (κ3) is 3.68. The summed E-state index contributed by atoms with van der Waals surface area (Å²) in [5, 5.41) is 0.821. The SMILES string of the molecule is CN(Cc1cc2cc(F)ccc2n1C)C(=O)C=Cc1ccc(N)nc1. The van der Waals surface area contributed by atoms with Gasteiger partial charge in [0.05, 0.1) is 6.54 Å². The fourth-order valence-corrected chi connectivity index (χ4v) is 2.66. The van der Waals surface area contributed by atoms with E-state index in [0.29, 0.717) is 12.4 Å². The molecule has 0 aliphatic heterocycles. The third-order valence-corrected chi connectivity index (χ3v) is 4.11. The van der Waals surface area contributed by atoms with Crippen LogP contribution in [0.3, 0.4) is 0 Å². The van der Waals surface area contributed by atoms with Crippen molar-refractivity contribution in [2.24, 2.45) is 7.05 Å². The molecule has 0 spiro atoms. The quantitative estimate of drug-likeness (QED) is 0.744. The minimum atomic E-state index is -0.269. The zero-order valence-electron chi connectivity index (χ0n) is 14.1. The summed E-state index contributed by atoms with van der Waals surface area (Å²) in [6.07, 6.45) is 4.80. The number of aromatic nitrogens is 2. The molecule has 2 aromatic heterocycles. The van der Waals surface area contributed by atoms with Gasteiger partial charge in [-0.1, -0.05) is 0 Å². The molecule has 0 saturated carbocycles. The molecule has 25 heavy (non-hydrogen) atoms. The fraction of sp³-hybridized carbons (Fsp3) is 0.158. The third-order valence-electron chi connectivity index (χ3n) is 4.11. The first-order valence-corrected chi connectivity index (χ1v) is 7.82. The van der Waals surface area contributed by atoms with Crippen molar-refractivity contribution < 1.29 is 9.18 Å². The van der Waals surface area contributed by atoms with Gasteiger partial charge in [-0.25, -0.2) is 9.37 Å². The summed E-state index contributed by atoms with van der Waals surface area (Å²) in [6, 6.07) is 10.0. The van der Waals surface area contributed by atoms with Crippen molar-refractivity contribution in [3.8, 4) is 0 Å². The molecule has 0 fully saturated rings. The predicted molar refractivity (Wildman–Crippen MR) is 97.0 cm³/mol. The molecule has 0 bridgehead atoms. The summed E-state index contributed by atoms with van der Waals surface area (Å²) >= 11 is 0. The number of benzene rings is 1. The van der Waals surface area contributed by atoms with Crippen LogP contribution in [0.4, 0.5) is 10.2 Å². The molecule has 0 unspecified atom stereocenters. The first-order chi connectivity index (χ1) is 11.9. The first-order valence-electron chi connectivity index (χ1n) is 7.82. The largest absolute Gasteiger partial charge is 0.384 e. The molecule has 2 heterocycles. The van der Waals surface area contributed by atoms with Gasteiger partial charge < -0.3 is 15.2 Å². The molecule has 2 N–H and O–H groups in total. The van der Waals surface area contributed by atoms with E-state index in [0.717, 1.165) is 22.2 Å². The lowest BCUT2D eigenvalue weighted by atomic mass is 10.2. The molecule has 0 atom stereocenters. The molecular weight excluding hydrogens is 319 g/mol. The van der Waals surface area contributed by atoms with Gasteiger partial charge in [-0.2, -0.15) is 0 Å². The summed E-state index contributed by atoms with van der Waals surface area (Å²) in [5.41, 5.74) is 8.20. The lowest BCUT2D eigenvalue weighted by Gasteiger charge is -2.15. The molecule has 1 aromatic carbocycles. The van der Waals surface area contributed by atoms with Crippen molar-refractivity contribution in [2.45, 2.75) is 6.54 Å². The topological polar surface area (TPSA) is 64.2 Å². The molecule has 128 valence electrons. The van der Waals surface area contributed by atoms with Crippen molar-refractivity contribution in [2.75, 3.05) is 12.8 Å². The number of nitrogens with two attached hydrogens (primary N) is 1. The van der Waals surface area contributed by atoms with Crippen molar-refractivity contribution in [1.29, 1.82) is 0 Å². The highest BCUT2D eigenvalue weighted by Gasteiger charge is 2.11. The Bertz CT molecular complexity index is 944. The second-order valence-electron chi connectivity index (χ2n) is 5.94. The number of carbonyl (C=O) groups is 1. The van der Waals surface area contributed by atoms with Crippen LogP contribution < -0.4 is 5.73 Å². The molecule has 5 nitrogen and oxygen atoms in total. The molecule has 0 radical (unpaired) electrons. The average molecular weight is 338 g/mol. The number of anilines is 1. The van der Waals surface area contributed by atoms with E-state index in [2.05, 4.69) is 4.98 Å². The number of hydrogen-bond donors (Lipinski definition) is 1. The van der Waals surface area contributed by atoms with E-state index < -0.39 is 0 Å². The van der Waals surface area contributed by atoms with E-state index in [-0.39, 0.29) is 11.7 Å². The summed E-state index contributed by atoms with van der Waals surface area (Å²) in [6.45, 7) is 0.427. The van der Waals surface area contributed by atoms with Crippen LogP contribution in [0.1, 0.15) is 11.3 Å². The predicted octanol–water partition coefficient (Wildman–Crippen LogP) is 2.97. The minimum absolute atomic E-state index is 0.131. The molecular formula is C19H19FN4O. The Morgan fingerprint density at radius 3 is 2.84 bits per heavy atom. The van der Waals surface area contributed by atoms with Crippen molar-refractivity contribution in [3.63, 3.8) is 0 Å². The highest BCUT2D eigenvalue weighted by Crippen LogP contribution is 2.20. The Morgan fingerprint density at radius 2 is 2.12 bits per heavy atom. The number of amides is 1. The van der Waals surface area contributed by atoms with E-state index in [1.807, 2.05) is 17.7 Å². The number of fused-ring (bicyclic) bond motifs is 1. The van der Waals surface area contributed by atoms with Crippen LogP contribution in [-0.2, 0) is 18.4 Å². The first kappa shape index (κ1) is 16.7. The van der Waals surface area contributed by atoms with E-state index in [1.54, 1.807) is 42.4 Å². The molecule has 3 rings (SSSR count). The number of nitrogen functional groups attached to an aromatic ring is 1. The zero-order chi connectivity index (χ0) is 18.0. The summed E-state index contributed by atoms with van der Waals surface area (Å²) in [5.74, 6) is 0.0372. The van der Waals surface area contributed by atoms with Crippen molar-refractivity contribution >= 4 is 28.7 Å². The van der Waals surface area contributed by atoms with Gasteiger partial charge in [0, 0.05) is 43.0 Å². The number of hydrogen-bond acceptors (Lipinski definition) is 3. The number of likely N-dealkylation sites (N-methyl/N-ethyl adjacent to an activating group) is 1. The molecule has 1 amide bonds. The van der Waals surface area contributed by atoms with E-state index >= 15 is 0 Å². The van der Waals surface area contributed by atoms with Crippen LogP contribution in [-0.4, -0.2) is 27.4 Å². The Labute approximate surface area is 145 Å². The average Bonchev–Trinajstić information content (AvgIpc) is 2.89. The smallest absolute Gasteiger partial charge is 0.246 e. The van der Waals surface area contributed by atoms with Gasteiger partial charge >= 0.3 is 0 Å². The van der Waals surface area contributed by atoms with E-state index in [4.69, 9.17) is 5.73 Å². The molecule has 0 aliphatic carbocycles. The summed E-state index contributed by atoms with van der Waals surface area (Å²) in [7, 11) is 3.63. The van der Waals surface area contributed by atoms with Gasteiger partial charge in [0.25, 0.3) is 0 Å². The maximum absolute atomic E-state index is 13.4. The Kier molecular flexibility index (Phi) is 4.52. The number of carbonyl (C=O) groups excluding carboxylic acids is 1. The van der Waals surface area contributed by atoms with Gasteiger partial charge in [0.1, 0.15) is 11.6 Å². The van der Waals surface area contributed by atoms with Gasteiger partial charge in [-0.15, -0.1) is 0 Å². The Hall–Kier alpha value is -3.15. The van der Waals surface area contributed by atoms with Crippen LogP contribution in [0, 0.1) is 5.82 Å². The van der Waals surface area contributed by atoms with Gasteiger partial charge in [-0.3, -0.25) is 4.79 Å². The number of pyridine rings is 1. The molecule has 3 aromatic rings. The fourth-order valence-electron chi connectivity index (χ4n) is 2.66. The van der Waals surface area contributed by atoms with Crippen LogP contribution in [0.5, 0.6) is 0 Å². The van der Waals surface area contributed by atoms with Gasteiger partial charge in [0.2, 0.25) is 5.91 Å². The second kappa shape index (κ2) is 6.76. The molecule has 6 heteroatoms. The van der Waals surface area contributed by atoms with Crippen LogP contribution in [0.25, 0.3) is 17.0 Å². The molecule has 0 saturated heterocycles. The maximum atomic E-state index is 13.4. The summed E-state index contributed by atoms with van der Waals surface area (Å²) < 4.78 is 15.3. The zero-order valence-corrected chi connectivity index (χ0v) is 14.1. The monoisotopic (exact) mass is 338 g/mol. The van der Waals surface area contributed by atoms with E-state index in [1.165, 1.54) is 18.2 Å². The Balaban J connectivity index is 1.73. The highest BCUT2D eigenvalue weighted by molar-refractivity contribution is 5.91. The number of nitrogens with zero attached hydrogens (tertiary/aromatic N) is 3. The van der Waals surface area contributed by atoms with Gasteiger partial charge in [-0.05, 0) is 48.0 Å². The lowest BCUT2D eigenvalue weighted by molar-refractivity contribution is -0.125. The highest BCUT2D eigenvalue weighted by atomic mass is 19.1. The Morgan fingerprint density at radius 1 is 1.32 bits per heavy atom. The molecule has 0 aliphatic rings. The second-order valence-corrected chi connectivity index (χ2v) is 5.94. The number of aryl methyl sites for hydroxylation is 1. The van der Waals surface area contributed by atoms with Crippen molar-refractivity contribution in [1.82, 2.24) is 14.5 Å². The number of halogens is 1. The number of rotatable bonds is 4. The van der Waals surface area contributed by atoms with Crippen LogP contribution in [0.2, 0.25) is 0 Å². The maximum Gasteiger partial charge on any atom is 0.246 e. The van der Waals surface area contributed by atoms with Crippen LogP contribution in [0.15, 0.2) is 48.7 Å². The van der Waals surface area contributed by atoms with Gasteiger partial charge in [0.15, 0.2) is 0 Å². The van der Waals surface area contributed by atoms with Crippen LogP contribution >= 0.6 is 0 Å². The van der Waals surface area contributed by atoms with Crippen molar-refractivity contribution in [3.05, 3.63) is 65.7 Å². The normalized spacial score (nSPS) is 11.3. The standard InChI is InChI=1S/C19H19FN4O/c1-23(19(25)8-4-13-3-7-18(21)22-11-13)12-16-10-14-9-15(20)5-6-17(14)24(16)2/h3-11H,12H2,1-2H3,(H2,21,22). The minimum Gasteiger partial charge on any atom is -0.384 e. The summed E-state index contributed by atoms with van der Waals surface area (Å²) in [4.78, 5) is 17.9. The van der Waals surface area contributed by atoms with E-state index in [9.17, 15) is 9.18 Å². The lowest BCUT2D eigenvalue weighted by Crippen LogP contribution is -2.25.